The summed E-state index contributed by atoms with van der Waals surface area (Å²) >= 11 is 0. The molecule has 0 saturated heterocycles. The van der Waals surface area contributed by atoms with Gasteiger partial charge < -0.3 is 16.0 Å². The number of rotatable bonds is 7. The van der Waals surface area contributed by atoms with Crippen LogP contribution in [0.4, 0.5) is 10.1 Å². The molecule has 0 heterocycles. The predicted molar refractivity (Wildman–Crippen MR) is 70.9 cm³/mol. The first-order valence-electron chi connectivity index (χ1n) is 6.04. The molecule has 1 aromatic rings. The molecule has 0 aliphatic heterocycles. The quantitative estimate of drug-likeness (QED) is 0.765. The van der Waals surface area contributed by atoms with E-state index in [0.717, 1.165) is 18.7 Å². The van der Waals surface area contributed by atoms with Crippen LogP contribution < -0.4 is 16.0 Å². The highest BCUT2D eigenvalue weighted by molar-refractivity contribution is 5.80. The van der Waals surface area contributed by atoms with Gasteiger partial charge in [-0.3, -0.25) is 4.79 Å². The first kappa shape index (κ1) is 14.4. The lowest BCUT2D eigenvalue weighted by Gasteiger charge is -2.24. The Morgan fingerprint density at radius 3 is 2.83 bits per heavy atom. The van der Waals surface area contributed by atoms with Crippen LogP contribution in [0.25, 0.3) is 0 Å². The minimum Gasteiger partial charge on any atom is -0.372 e. The van der Waals surface area contributed by atoms with E-state index in [1.807, 2.05) is 6.92 Å². The zero-order valence-corrected chi connectivity index (χ0v) is 10.8. The number of hydrogen-bond acceptors (Lipinski definition) is 3. The van der Waals surface area contributed by atoms with E-state index < -0.39 is 11.9 Å². The van der Waals surface area contributed by atoms with Crippen molar-refractivity contribution in [3.8, 4) is 0 Å². The van der Waals surface area contributed by atoms with Gasteiger partial charge in [-0.05, 0) is 31.2 Å². The van der Waals surface area contributed by atoms with Gasteiger partial charge >= 0.3 is 0 Å². The van der Waals surface area contributed by atoms with Gasteiger partial charge in [0.05, 0.1) is 0 Å². The summed E-state index contributed by atoms with van der Waals surface area (Å²) < 4.78 is 13.1. The van der Waals surface area contributed by atoms with Crippen LogP contribution >= 0.6 is 0 Å². The summed E-state index contributed by atoms with van der Waals surface area (Å²) in [6.07, 6.45) is 0.924. The molecule has 5 heteroatoms. The molecule has 0 aliphatic carbocycles. The Morgan fingerprint density at radius 1 is 1.56 bits per heavy atom. The smallest absolute Gasteiger partial charge is 0.236 e. The van der Waals surface area contributed by atoms with Crippen molar-refractivity contribution >= 4 is 11.6 Å². The van der Waals surface area contributed by atoms with E-state index in [2.05, 4.69) is 5.32 Å². The van der Waals surface area contributed by atoms with E-state index in [1.54, 1.807) is 24.1 Å². The third-order valence-electron chi connectivity index (χ3n) is 2.69. The van der Waals surface area contributed by atoms with E-state index >= 15 is 0 Å². The molecule has 0 spiro atoms. The van der Waals surface area contributed by atoms with Crippen molar-refractivity contribution < 1.29 is 9.18 Å². The summed E-state index contributed by atoms with van der Waals surface area (Å²) in [6, 6.07) is 5.81. The average molecular weight is 253 g/mol. The van der Waals surface area contributed by atoms with Crippen LogP contribution in [0.3, 0.4) is 0 Å². The van der Waals surface area contributed by atoms with E-state index in [0.29, 0.717) is 6.54 Å². The summed E-state index contributed by atoms with van der Waals surface area (Å²) in [5.41, 5.74) is 6.05. The van der Waals surface area contributed by atoms with E-state index in [9.17, 15) is 9.18 Å². The number of anilines is 1. The second kappa shape index (κ2) is 6.96. The highest BCUT2D eigenvalue weighted by Crippen LogP contribution is 2.13. The number of nitrogens with zero attached hydrogens (tertiary/aromatic N) is 1. The number of carbonyl (C=O) groups is 1. The van der Waals surface area contributed by atoms with E-state index in [-0.39, 0.29) is 5.82 Å². The SMILES string of the molecule is CCCNC(CN(C)c1cccc(F)c1)C(N)=O. The summed E-state index contributed by atoms with van der Waals surface area (Å²) in [4.78, 5) is 13.1. The Kier molecular flexibility index (Phi) is 5.58. The van der Waals surface area contributed by atoms with Gasteiger partial charge in [-0.2, -0.15) is 0 Å². The number of halogens is 1. The molecule has 0 bridgehead atoms. The maximum absolute atomic E-state index is 13.1. The van der Waals surface area contributed by atoms with Gasteiger partial charge in [-0.25, -0.2) is 4.39 Å². The number of carbonyl (C=O) groups excluding carboxylic acids is 1. The zero-order valence-electron chi connectivity index (χ0n) is 10.8. The van der Waals surface area contributed by atoms with Gasteiger partial charge in [0.2, 0.25) is 5.91 Å². The third kappa shape index (κ3) is 4.33. The predicted octanol–water partition coefficient (Wildman–Crippen LogP) is 1.12. The van der Waals surface area contributed by atoms with Crippen LogP contribution in [-0.2, 0) is 4.79 Å². The van der Waals surface area contributed by atoms with Crippen LogP contribution in [0, 0.1) is 5.82 Å². The maximum Gasteiger partial charge on any atom is 0.236 e. The standard InChI is InChI=1S/C13H20FN3O/c1-3-7-16-12(13(15)18)9-17(2)11-6-4-5-10(14)8-11/h4-6,8,12,16H,3,7,9H2,1-2H3,(H2,15,18). The van der Waals surface area contributed by atoms with Gasteiger partial charge in [0.15, 0.2) is 0 Å². The minimum absolute atomic E-state index is 0.295. The maximum atomic E-state index is 13.1. The molecule has 1 amide bonds. The monoisotopic (exact) mass is 253 g/mol. The molecule has 0 saturated carbocycles. The molecule has 1 aromatic carbocycles. The molecule has 0 radical (unpaired) electrons. The molecular weight excluding hydrogens is 233 g/mol. The number of amides is 1. The van der Waals surface area contributed by atoms with E-state index in [4.69, 9.17) is 5.73 Å². The van der Waals surface area contributed by atoms with Crippen molar-refractivity contribution in [2.75, 3.05) is 25.0 Å². The lowest BCUT2D eigenvalue weighted by Crippen LogP contribution is -2.48. The van der Waals surface area contributed by atoms with Gasteiger partial charge in [0, 0.05) is 19.3 Å². The van der Waals surface area contributed by atoms with Crippen LogP contribution in [0.5, 0.6) is 0 Å². The van der Waals surface area contributed by atoms with Crippen molar-refractivity contribution in [2.24, 2.45) is 5.73 Å². The topological polar surface area (TPSA) is 58.4 Å². The first-order chi connectivity index (χ1) is 8.54. The minimum atomic E-state index is -0.432. The fourth-order valence-electron chi connectivity index (χ4n) is 1.67. The Balaban J connectivity index is 2.65. The Labute approximate surface area is 107 Å². The zero-order chi connectivity index (χ0) is 13.5. The van der Waals surface area contributed by atoms with Crippen molar-refractivity contribution in [3.05, 3.63) is 30.1 Å². The van der Waals surface area contributed by atoms with Crippen LogP contribution in [-0.4, -0.2) is 32.1 Å². The molecule has 1 atom stereocenters. The molecule has 0 aliphatic rings. The first-order valence-corrected chi connectivity index (χ1v) is 6.04. The second-order valence-electron chi connectivity index (χ2n) is 4.27. The number of hydrogen-bond donors (Lipinski definition) is 2. The van der Waals surface area contributed by atoms with Crippen LogP contribution in [0.2, 0.25) is 0 Å². The normalized spacial score (nSPS) is 12.2. The summed E-state index contributed by atoms with van der Waals surface area (Å²) in [7, 11) is 1.80. The molecule has 100 valence electrons. The molecule has 4 nitrogen and oxygen atoms in total. The number of nitrogens with two attached hydrogens (primary N) is 1. The highest BCUT2D eigenvalue weighted by atomic mass is 19.1. The summed E-state index contributed by atoms with van der Waals surface area (Å²) in [5, 5.41) is 3.07. The lowest BCUT2D eigenvalue weighted by molar-refractivity contribution is -0.119. The molecule has 0 fully saturated rings. The van der Waals surface area contributed by atoms with Gasteiger partial charge in [0.1, 0.15) is 11.9 Å². The van der Waals surface area contributed by atoms with E-state index in [1.165, 1.54) is 12.1 Å². The fraction of sp³-hybridized carbons (Fsp3) is 0.462. The van der Waals surface area contributed by atoms with Crippen molar-refractivity contribution in [2.45, 2.75) is 19.4 Å². The Morgan fingerprint density at radius 2 is 2.28 bits per heavy atom. The molecule has 0 aromatic heterocycles. The fourth-order valence-corrected chi connectivity index (χ4v) is 1.67. The molecule has 3 N–H and O–H groups in total. The van der Waals surface area contributed by atoms with Gasteiger partial charge in [-0.1, -0.05) is 13.0 Å². The second-order valence-corrected chi connectivity index (χ2v) is 4.27. The number of nitrogens with one attached hydrogen (secondary N) is 1. The van der Waals surface area contributed by atoms with Gasteiger partial charge in [0.25, 0.3) is 0 Å². The molecule has 1 rings (SSSR count). The largest absolute Gasteiger partial charge is 0.372 e. The number of primary amides is 1. The Bertz CT molecular complexity index is 398. The van der Waals surface area contributed by atoms with Crippen molar-refractivity contribution in [1.29, 1.82) is 0 Å². The average Bonchev–Trinajstić information content (AvgIpc) is 2.33. The molecule has 18 heavy (non-hydrogen) atoms. The van der Waals surface area contributed by atoms with Crippen LogP contribution in [0.1, 0.15) is 13.3 Å². The van der Waals surface area contributed by atoms with Crippen LogP contribution in [0.15, 0.2) is 24.3 Å². The third-order valence-corrected chi connectivity index (χ3v) is 2.69. The highest BCUT2D eigenvalue weighted by Gasteiger charge is 2.16. The molecular formula is C13H20FN3O. The molecule has 1 unspecified atom stereocenters. The summed E-state index contributed by atoms with van der Waals surface area (Å²) in [5.74, 6) is -0.691. The number of likely N-dealkylation sites (N-methyl/N-ethyl adjacent to an activating group) is 1. The number of benzene rings is 1. The van der Waals surface area contributed by atoms with Gasteiger partial charge in [-0.15, -0.1) is 0 Å². The Hall–Kier alpha value is -1.62. The van der Waals surface area contributed by atoms with Crippen molar-refractivity contribution in [3.63, 3.8) is 0 Å². The summed E-state index contributed by atoms with van der Waals surface area (Å²) in [6.45, 7) is 3.16. The van der Waals surface area contributed by atoms with Crippen molar-refractivity contribution in [1.82, 2.24) is 5.32 Å². The lowest BCUT2D eigenvalue weighted by atomic mass is 10.2.